The van der Waals surface area contributed by atoms with Crippen molar-refractivity contribution in [2.24, 2.45) is 10.9 Å². The van der Waals surface area contributed by atoms with Gasteiger partial charge in [0.15, 0.2) is 5.96 Å². The molecule has 1 saturated carbocycles. The lowest BCUT2D eigenvalue weighted by Crippen LogP contribution is -2.46. The summed E-state index contributed by atoms with van der Waals surface area (Å²) < 4.78 is 5.25. The van der Waals surface area contributed by atoms with Crippen molar-refractivity contribution < 1.29 is 9.53 Å². The van der Waals surface area contributed by atoms with Crippen LogP contribution >= 0.6 is 0 Å². The van der Waals surface area contributed by atoms with Crippen LogP contribution in [0, 0.1) is 5.92 Å². The Hall–Kier alpha value is -1.26. The van der Waals surface area contributed by atoms with Gasteiger partial charge in [0.05, 0.1) is 0 Å². The number of aliphatic imine (C=N–C) groups is 1. The summed E-state index contributed by atoms with van der Waals surface area (Å²) in [4.78, 5) is 15.8. The molecule has 20 heavy (non-hydrogen) atoms. The average molecular weight is 283 g/mol. The van der Waals surface area contributed by atoms with Crippen molar-refractivity contribution in [1.29, 1.82) is 0 Å². The maximum Gasteiger partial charge on any atom is 0.325 e. The van der Waals surface area contributed by atoms with Crippen LogP contribution in [0.2, 0.25) is 0 Å². The predicted octanol–water partition coefficient (Wildman–Crippen LogP) is 2.07. The zero-order chi connectivity index (χ0) is 15.2. The highest BCUT2D eigenvalue weighted by Gasteiger charge is 2.20. The van der Waals surface area contributed by atoms with E-state index in [2.05, 4.69) is 22.5 Å². The summed E-state index contributed by atoms with van der Waals surface area (Å²) in [7, 11) is 1.72. The molecule has 0 spiro atoms. The van der Waals surface area contributed by atoms with Crippen molar-refractivity contribution >= 4 is 11.9 Å². The first kappa shape index (κ1) is 16.8. The number of carbonyl (C=O) groups excluding carboxylic acids is 1. The normalized spacial score (nSPS) is 24.1. The van der Waals surface area contributed by atoms with Crippen molar-refractivity contribution in [1.82, 2.24) is 10.6 Å². The fourth-order valence-corrected chi connectivity index (χ4v) is 2.33. The van der Waals surface area contributed by atoms with Gasteiger partial charge in [0.2, 0.25) is 0 Å². The topological polar surface area (TPSA) is 62.7 Å². The van der Waals surface area contributed by atoms with E-state index < -0.39 is 5.60 Å². The van der Waals surface area contributed by atoms with Crippen LogP contribution < -0.4 is 10.6 Å². The SMILES string of the molecule is CN=C(NCC(=O)OC(C)(C)C)NC1CCC(C)CC1. The van der Waals surface area contributed by atoms with Gasteiger partial charge in [-0.25, -0.2) is 0 Å². The molecule has 0 aromatic heterocycles. The number of ether oxygens (including phenoxy) is 1. The third kappa shape index (κ3) is 6.78. The third-order valence-electron chi connectivity index (χ3n) is 3.40. The average Bonchev–Trinajstić information content (AvgIpc) is 2.34. The Kier molecular flexibility index (Phi) is 6.30. The van der Waals surface area contributed by atoms with Gasteiger partial charge in [-0.1, -0.05) is 6.92 Å². The molecule has 116 valence electrons. The standard InChI is InChI=1S/C15H29N3O2/c1-11-6-8-12(9-7-11)18-14(16-5)17-10-13(19)20-15(2,3)4/h11-12H,6-10H2,1-5H3,(H2,16,17,18). The summed E-state index contributed by atoms with van der Waals surface area (Å²) in [5, 5.41) is 6.39. The van der Waals surface area contributed by atoms with E-state index in [4.69, 9.17) is 4.74 Å². The number of nitrogens with zero attached hydrogens (tertiary/aromatic N) is 1. The summed E-state index contributed by atoms with van der Waals surface area (Å²) in [5.41, 5.74) is -0.449. The quantitative estimate of drug-likeness (QED) is 0.473. The Bertz CT molecular complexity index is 340. The second-order valence-corrected chi connectivity index (χ2v) is 6.61. The van der Waals surface area contributed by atoms with Gasteiger partial charge < -0.3 is 15.4 Å². The molecule has 0 radical (unpaired) electrons. The Morgan fingerprint density at radius 3 is 2.35 bits per heavy atom. The van der Waals surface area contributed by atoms with Crippen LogP contribution in [0.4, 0.5) is 0 Å². The minimum absolute atomic E-state index is 0.139. The molecule has 0 aromatic rings. The number of hydrogen-bond acceptors (Lipinski definition) is 3. The van der Waals surface area contributed by atoms with Crippen molar-refractivity contribution in [2.75, 3.05) is 13.6 Å². The van der Waals surface area contributed by atoms with E-state index in [1.165, 1.54) is 12.8 Å². The zero-order valence-electron chi connectivity index (χ0n) is 13.5. The molecule has 1 fully saturated rings. The maximum absolute atomic E-state index is 11.6. The molecular formula is C15H29N3O2. The second-order valence-electron chi connectivity index (χ2n) is 6.61. The Morgan fingerprint density at radius 1 is 1.25 bits per heavy atom. The van der Waals surface area contributed by atoms with Gasteiger partial charge in [0.1, 0.15) is 12.1 Å². The minimum atomic E-state index is -0.449. The number of esters is 1. The molecule has 0 atom stereocenters. The number of carbonyl (C=O) groups is 1. The highest BCUT2D eigenvalue weighted by atomic mass is 16.6. The van der Waals surface area contributed by atoms with Crippen LogP contribution in [-0.2, 0) is 9.53 Å². The summed E-state index contributed by atoms with van der Waals surface area (Å²) in [6.45, 7) is 8.02. The molecule has 0 amide bonds. The van der Waals surface area contributed by atoms with Gasteiger partial charge in [-0.2, -0.15) is 0 Å². The maximum atomic E-state index is 11.6. The van der Waals surface area contributed by atoms with Gasteiger partial charge in [-0.05, 0) is 52.4 Å². The van der Waals surface area contributed by atoms with Crippen molar-refractivity contribution in [3.05, 3.63) is 0 Å². The van der Waals surface area contributed by atoms with E-state index in [1.54, 1.807) is 7.05 Å². The number of rotatable bonds is 3. The van der Waals surface area contributed by atoms with Crippen LogP contribution in [0.15, 0.2) is 4.99 Å². The molecular weight excluding hydrogens is 254 g/mol. The summed E-state index contributed by atoms with van der Waals surface area (Å²) >= 11 is 0. The molecule has 5 nitrogen and oxygen atoms in total. The highest BCUT2D eigenvalue weighted by molar-refractivity contribution is 5.84. The largest absolute Gasteiger partial charge is 0.459 e. The van der Waals surface area contributed by atoms with Crippen molar-refractivity contribution in [2.45, 2.75) is 65.0 Å². The van der Waals surface area contributed by atoms with E-state index in [-0.39, 0.29) is 12.5 Å². The van der Waals surface area contributed by atoms with Crippen LogP contribution in [0.25, 0.3) is 0 Å². The van der Waals surface area contributed by atoms with Gasteiger partial charge >= 0.3 is 5.97 Å². The summed E-state index contributed by atoms with van der Waals surface area (Å²) in [6, 6.07) is 0.455. The zero-order valence-corrected chi connectivity index (χ0v) is 13.5. The van der Waals surface area contributed by atoms with Crippen LogP contribution in [0.3, 0.4) is 0 Å². The van der Waals surface area contributed by atoms with Crippen molar-refractivity contribution in [3.8, 4) is 0 Å². The lowest BCUT2D eigenvalue weighted by molar-refractivity contribution is -0.153. The minimum Gasteiger partial charge on any atom is -0.459 e. The van der Waals surface area contributed by atoms with E-state index >= 15 is 0 Å². The molecule has 1 aliphatic carbocycles. The first-order valence-electron chi connectivity index (χ1n) is 7.49. The van der Waals surface area contributed by atoms with Crippen LogP contribution in [0.1, 0.15) is 53.4 Å². The fraction of sp³-hybridized carbons (Fsp3) is 0.867. The number of guanidine groups is 1. The molecule has 0 unspecified atom stereocenters. The van der Waals surface area contributed by atoms with Gasteiger partial charge in [-0.15, -0.1) is 0 Å². The van der Waals surface area contributed by atoms with Gasteiger partial charge in [-0.3, -0.25) is 9.79 Å². The molecule has 0 aliphatic heterocycles. The fourth-order valence-electron chi connectivity index (χ4n) is 2.33. The smallest absolute Gasteiger partial charge is 0.325 e. The molecule has 5 heteroatoms. The van der Waals surface area contributed by atoms with Gasteiger partial charge in [0, 0.05) is 13.1 Å². The molecule has 0 aromatic carbocycles. The molecule has 1 aliphatic rings. The lowest BCUT2D eigenvalue weighted by atomic mass is 9.87. The van der Waals surface area contributed by atoms with Gasteiger partial charge in [0.25, 0.3) is 0 Å². The number of hydrogen-bond donors (Lipinski definition) is 2. The van der Waals surface area contributed by atoms with E-state index in [1.807, 2.05) is 20.8 Å². The first-order chi connectivity index (χ1) is 9.30. The van der Waals surface area contributed by atoms with Crippen molar-refractivity contribution in [3.63, 3.8) is 0 Å². The molecule has 0 heterocycles. The summed E-state index contributed by atoms with van der Waals surface area (Å²) in [6.07, 6.45) is 4.82. The highest BCUT2D eigenvalue weighted by Crippen LogP contribution is 2.23. The number of nitrogens with one attached hydrogen (secondary N) is 2. The molecule has 1 rings (SSSR count). The first-order valence-corrected chi connectivity index (χ1v) is 7.49. The van der Waals surface area contributed by atoms with Crippen LogP contribution in [0.5, 0.6) is 0 Å². The predicted molar refractivity (Wildman–Crippen MR) is 81.8 cm³/mol. The monoisotopic (exact) mass is 283 g/mol. The Labute approximate surface area is 122 Å². The Morgan fingerprint density at radius 2 is 1.85 bits per heavy atom. The van der Waals surface area contributed by atoms with Crippen LogP contribution in [-0.4, -0.2) is 37.2 Å². The van der Waals surface area contributed by atoms with E-state index in [0.717, 1.165) is 18.8 Å². The summed E-state index contributed by atoms with van der Waals surface area (Å²) in [5.74, 6) is 1.23. The lowest BCUT2D eigenvalue weighted by Gasteiger charge is -2.28. The Balaban J connectivity index is 2.31. The molecule has 2 N–H and O–H groups in total. The molecule has 0 saturated heterocycles. The van der Waals surface area contributed by atoms with E-state index in [0.29, 0.717) is 12.0 Å². The molecule has 0 bridgehead atoms. The third-order valence-corrected chi connectivity index (χ3v) is 3.40. The van der Waals surface area contributed by atoms with E-state index in [9.17, 15) is 4.79 Å². The second kappa shape index (κ2) is 7.50.